The zero-order chi connectivity index (χ0) is 14.1. The highest BCUT2D eigenvalue weighted by atomic mass is 79.9. The van der Waals surface area contributed by atoms with E-state index in [-0.39, 0.29) is 4.47 Å². The Labute approximate surface area is 113 Å². The molecule has 0 heterocycles. The summed E-state index contributed by atoms with van der Waals surface area (Å²) >= 11 is 2.80. The van der Waals surface area contributed by atoms with Gasteiger partial charge in [0, 0.05) is 11.6 Å². The highest BCUT2D eigenvalue weighted by Gasteiger charge is 2.21. The number of hydrogen-bond donors (Lipinski definition) is 2. The lowest BCUT2D eigenvalue weighted by Crippen LogP contribution is -2.43. The normalized spacial score (nSPS) is 12.6. The maximum Gasteiger partial charge on any atom is 0.299 e. The first kappa shape index (κ1) is 15.3. The number of hydrogen-bond acceptors (Lipinski definition) is 2. The fourth-order valence-electron chi connectivity index (χ4n) is 1.17. The predicted molar refractivity (Wildman–Crippen MR) is 69.5 cm³/mol. The molecule has 0 aliphatic heterocycles. The molecule has 1 aromatic carbocycles. The Morgan fingerprint density at radius 2 is 1.72 bits per heavy atom. The van der Waals surface area contributed by atoms with Gasteiger partial charge < -0.3 is 0 Å². The minimum atomic E-state index is -3.97. The summed E-state index contributed by atoms with van der Waals surface area (Å²) in [6.07, 6.45) is 0. The van der Waals surface area contributed by atoms with Crippen molar-refractivity contribution in [1.29, 1.82) is 0 Å². The molecule has 102 valence electrons. The van der Waals surface area contributed by atoms with Crippen LogP contribution in [-0.2, 0) is 10.2 Å². The minimum absolute atomic E-state index is 0.0771. The summed E-state index contributed by atoms with van der Waals surface area (Å²) in [5.74, 6) is -1.63. The van der Waals surface area contributed by atoms with Crippen molar-refractivity contribution in [3.05, 3.63) is 28.2 Å². The molecule has 0 aromatic heterocycles. The second kappa shape index (κ2) is 5.10. The second-order valence-electron chi connectivity index (χ2n) is 4.70. The van der Waals surface area contributed by atoms with Gasteiger partial charge in [0.1, 0.15) is 11.6 Å². The van der Waals surface area contributed by atoms with Crippen LogP contribution in [0.15, 0.2) is 16.6 Å². The molecule has 0 aliphatic rings. The summed E-state index contributed by atoms with van der Waals surface area (Å²) in [5, 5.41) is 0. The molecule has 0 saturated heterocycles. The summed E-state index contributed by atoms with van der Waals surface area (Å²) < 4.78 is 54.1. The van der Waals surface area contributed by atoms with Crippen LogP contribution in [0, 0.1) is 11.6 Å². The zero-order valence-corrected chi connectivity index (χ0v) is 12.4. The lowest BCUT2D eigenvalue weighted by Gasteiger charge is -2.21. The molecule has 0 saturated carbocycles. The van der Waals surface area contributed by atoms with Crippen molar-refractivity contribution in [2.24, 2.45) is 0 Å². The Morgan fingerprint density at radius 1 is 1.17 bits per heavy atom. The number of nitrogens with one attached hydrogen (secondary N) is 2. The second-order valence-corrected chi connectivity index (χ2v) is 6.97. The summed E-state index contributed by atoms with van der Waals surface area (Å²) in [6.45, 7) is 4.89. The fourth-order valence-corrected chi connectivity index (χ4v) is 2.79. The van der Waals surface area contributed by atoms with Gasteiger partial charge in [-0.1, -0.05) is 0 Å². The Morgan fingerprint density at radius 3 is 2.22 bits per heavy atom. The van der Waals surface area contributed by atoms with E-state index in [1.54, 1.807) is 20.8 Å². The van der Waals surface area contributed by atoms with Crippen molar-refractivity contribution in [3.8, 4) is 0 Å². The molecule has 4 nitrogen and oxygen atoms in total. The molecule has 0 bridgehead atoms. The minimum Gasteiger partial charge on any atom is -0.268 e. The van der Waals surface area contributed by atoms with Gasteiger partial charge in [0.15, 0.2) is 0 Å². The standard InChI is InChI=1S/C10H13BrF2N2O2S/c1-10(2,3)15-18(16,17)14-9-5-7(12)6(11)4-8(9)13/h4-5,14-15H,1-3H3. The Balaban J connectivity index is 3.02. The first-order valence-electron chi connectivity index (χ1n) is 4.96. The van der Waals surface area contributed by atoms with Gasteiger partial charge in [0.25, 0.3) is 10.2 Å². The third kappa shape index (κ3) is 4.51. The Bertz CT molecular complexity index is 556. The summed E-state index contributed by atoms with van der Waals surface area (Å²) in [7, 11) is -3.97. The van der Waals surface area contributed by atoms with E-state index in [9.17, 15) is 17.2 Å². The summed E-state index contributed by atoms with van der Waals surface area (Å²) in [5.41, 5.74) is -1.18. The van der Waals surface area contributed by atoms with Gasteiger partial charge in [-0.25, -0.2) is 8.78 Å². The van der Waals surface area contributed by atoms with E-state index < -0.39 is 33.1 Å². The van der Waals surface area contributed by atoms with E-state index in [1.807, 2.05) is 4.72 Å². The summed E-state index contributed by atoms with van der Waals surface area (Å²) in [4.78, 5) is 0. The quantitative estimate of drug-likeness (QED) is 0.830. The maximum atomic E-state index is 13.4. The molecule has 0 amide bonds. The van der Waals surface area contributed by atoms with Gasteiger partial charge in [0.2, 0.25) is 0 Å². The predicted octanol–water partition coefficient (Wildman–Crippen LogP) is 2.77. The van der Waals surface area contributed by atoms with Crippen molar-refractivity contribution in [3.63, 3.8) is 0 Å². The van der Waals surface area contributed by atoms with Gasteiger partial charge in [-0.15, -0.1) is 0 Å². The van der Waals surface area contributed by atoms with Crippen molar-refractivity contribution in [2.75, 3.05) is 4.72 Å². The van der Waals surface area contributed by atoms with Gasteiger partial charge in [0.05, 0.1) is 10.2 Å². The fraction of sp³-hybridized carbons (Fsp3) is 0.400. The molecule has 0 unspecified atom stereocenters. The highest BCUT2D eigenvalue weighted by Crippen LogP contribution is 2.24. The van der Waals surface area contributed by atoms with Crippen LogP contribution in [0.1, 0.15) is 20.8 Å². The molecular weight excluding hydrogens is 330 g/mol. The molecule has 0 aliphatic carbocycles. The first-order valence-corrected chi connectivity index (χ1v) is 7.24. The number of anilines is 1. The van der Waals surface area contributed by atoms with Gasteiger partial charge in [-0.3, -0.25) is 4.72 Å². The molecular formula is C10H13BrF2N2O2S. The van der Waals surface area contributed by atoms with Gasteiger partial charge in [-0.2, -0.15) is 13.1 Å². The molecule has 1 rings (SSSR count). The van der Waals surface area contributed by atoms with Crippen LogP contribution in [0.4, 0.5) is 14.5 Å². The van der Waals surface area contributed by atoms with Crippen LogP contribution >= 0.6 is 15.9 Å². The van der Waals surface area contributed by atoms with E-state index in [2.05, 4.69) is 20.7 Å². The lowest BCUT2D eigenvalue weighted by molar-refractivity contribution is 0.494. The molecule has 8 heteroatoms. The van der Waals surface area contributed by atoms with Crippen molar-refractivity contribution in [2.45, 2.75) is 26.3 Å². The summed E-state index contributed by atoms with van der Waals surface area (Å²) in [6, 6.07) is 1.62. The zero-order valence-electron chi connectivity index (χ0n) is 10.0. The van der Waals surface area contributed by atoms with Crippen molar-refractivity contribution in [1.82, 2.24) is 4.72 Å². The molecule has 2 N–H and O–H groups in total. The molecule has 0 radical (unpaired) electrons. The van der Waals surface area contributed by atoms with Crippen molar-refractivity contribution < 1.29 is 17.2 Å². The van der Waals surface area contributed by atoms with Crippen LogP contribution in [0.5, 0.6) is 0 Å². The van der Waals surface area contributed by atoms with Crippen LogP contribution in [-0.4, -0.2) is 14.0 Å². The molecule has 0 fully saturated rings. The smallest absolute Gasteiger partial charge is 0.268 e. The van der Waals surface area contributed by atoms with E-state index in [0.717, 1.165) is 12.1 Å². The molecule has 0 atom stereocenters. The lowest BCUT2D eigenvalue weighted by atomic mass is 10.1. The van der Waals surface area contributed by atoms with Gasteiger partial charge in [-0.05, 0) is 42.8 Å². The van der Waals surface area contributed by atoms with Gasteiger partial charge >= 0.3 is 0 Å². The number of rotatable bonds is 3. The van der Waals surface area contributed by atoms with Crippen LogP contribution in [0.25, 0.3) is 0 Å². The topological polar surface area (TPSA) is 58.2 Å². The Kier molecular flexibility index (Phi) is 4.34. The van der Waals surface area contributed by atoms with Crippen LogP contribution in [0.2, 0.25) is 0 Å². The van der Waals surface area contributed by atoms with Crippen LogP contribution in [0.3, 0.4) is 0 Å². The third-order valence-corrected chi connectivity index (χ3v) is 3.67. The molecule has 18 heavy (non-hydrogen) atoms. The SMILES string of the molecule is CC(C)(C)NS(=O)(=O)Nc1cc(F)c(Br)cc1F. The largest absolute Gasteiger partial charge is 0.299 e. The van der Waals surface area contributed by atoms with E-state index >= 15 is 0 Å². The Hall–Kier alpha value is -0.730. The van der Waals surface area contributed by atoms with E-state index in [4.69, 9.17) is 0 Å². The van der Waals surface area contributed by atoms with Crippen molar-refractivity contribution >= 4 is 31.8 Å². The average molecular weight is 343 g/mol. The first-order chi connectivity index (χ1) is 8.00. The number of halogens is 3. The molecule has 1 aromatic rings. The van der Waals surface area contributed by atoms with E-state index in [0.29, 0.717) is 0 Å². The molecule has 0 spiro atoms. The van der Waals surface area contributed by atoms with Crippen LogP contribution < -0.4 is 9.44 Å². The highest BCUT2D eigenvalue weighted by molar-refractivity contribution is 9.10. The van der Waals surface area contributed by atoms with E-state index in [1.165, 1.54) is 0 Å². The average Bonchev–Trinajstić information content (AvgIpc) is 2.09. The third-order valence-electron chi connectivity index (χ3n) is 1.69. The maximum absolute atomic E-state index is 13.4. The number of benzene rings is 1. The monoisotopic (exact) mass is 342 g/mol.